The Kier molecular flexibility index (Phi) is 3.08. The molecule has 0 aliphatic heterocycles. The van der Waals surface area contributed by atoms with Crippen LogP contribution >= 0.6 is 22.9 Å². The SMILES string of the molecule is Clc1ccc(NC(c2cccs2)C2CC2)cc1. The Bertz CT molecular complexity index is 473. The molecule has 0 saturated heterocycles. The molecule has 1 aromatic heterocycles. The van der Waals surface area contributed by atoms with Gasteiger partial charge in [0.2, 0.25) is 0 Å². The normalized spacial score (nSPS) is 16.8. The van der Waals surface area contributed by atoms with Gasteiger partial charge >= 0.3 is 0 Å². The van der Waals surface area contributed by atoms with Crippen LogP contribution in [0.15, 0.2) is 41.8 Å². The summed E-state index contributed by atoms with van der Waals surface area (Å²) < 4.78 is 0. The fourth-order valence-electron chi connectivity index (χ4n) is 2.04. The van der Waals surface area contributed by atoms with E-state index < -0.39 is 0 Å². The van der Waals surface area contributed by atoms with Crippen LogP contribution in [-0.2, 0) is 0 Å². The molecule has 1 aliphatic rings. The molecule has 1 aliphatic carbocycles. The first-order valence-corrected chi connectivity index (χ1v) is 7.14. The number of rotatable bonds is 4. The molecule has 1 saturated carbocycles. The maximum Gasteiger partial charge on any atom is 0.0634 e. The lowest BCUT2D eigenvalue weighted by atomic mass is 10.1. The lowest BCUT2D eigenvalue weighted by molar-refractivity contribution is 0.691. The van der Waals surface area contributed by atoms with Gasteiger partial charge in [0.1, 0.15) is 0 Å². The average molecular weight is 264 g/mol. The molecular weight excluding hydrogens is 250 g/mol. The molecule has 1 atom stereocenters. The van der Waals surface area contributed by atoms with Gasteiger partial charge in [-0.2, -0.15) is 0 Å². The zero-order valence-electron chi connectivity index (χ0n) is 9.40. The van der Waals surface area contributed by atoms with Crippen molar-refractivity contribution in [3.8, 4) is 0 Å². The van der Waals surface area contributed by atoms with Gasteiger partial charge in [0.15, 0.2) is 0 Å². The molecular formula is C14H14ClNS. The predicted molar refractivity (Wildman–Crippen MR) is 74.9 cm³/mol. The highest BCUT2D eigenvalue weighted by Crippen LogP contribution is 2.44. The van der Waals surface area contributed by atoms with Crippen LogP contribution in [0.1, 0.15) is 23.8 Å². The largest absolute Gasteiger partial charge is 0.377 e. The third-order valence-corrected chi connectivity index (χ3v) is 4.32. The number of anilines is 1. The van der Waals surface area contributed by atoms with E-state index in [1.54, 1.807) is 0 Å². The number of benzene rings is 1. The average Bonchev–Trinajstić information content (AvgIpc) is 3.03. The Labute approximate surface area is 110 Å². The molecule has 0 spiro atoms. The van der Waals surface area contributed by atoms with Gasteiger partial charge in [0.05, 0.1) is 6.04 Å². The lowest BCUT2D eigenvalue weighted by Gasteiger charge is -2.18. The van der Waals surface area contributed by atoms with Gasteiger partial charge in [-0.1, -0.05) is 17.7 Å². The number of nitrogens with one attached hydrogen (secondary N) is 1. The lowest BCUT2D eigenvalue weighted by Crippen LogP contribution is -2.11. The van der Waals surface area contributed by atoms with Crippen molar-refractivity contribution in [3.63, 3.8) is 0 Å². The molecule has 1 aromatic carbocycles. The fraction of sp³-hybridized carbons (Fsp3) is 0.286. The summed E-state index contributed by atoms with van der Waals surface area (Å²) in [7, 11) is 0. The van der Waals surface area contributed by atoms with Crippen LogP contribution in [0.25, 0.3) is 0 Å². The maximum absolute atomic E-state index is 5.90. The smallest absolute Gasteiger partial charge is 0.0634 e. The molecule has 1 N–H and O–H groups in total. The Morgan fingerprint density at radius 2 is 1.94 bits per heavy atom. The van der Waals surface area contributed by atoms with Gasteiger partial charge in [-0.15, -0.1) is 11.3 Å². The van der Waals surface area contributed by atoms with E-state index in [4.69, 9.17) is 11.6 Å². The van der Waals surface area contributed by atoms with Crippen LogP contribution in [0, 0.1) is 5.92 Å². The monoisotopic (exact) mass is 263 g/mol. The van der Waals surface area contributed by atoms with Crippen LogP contribution in [0.5, 0.6) is 0 Å². The van der Waals surface area contributed by atoms with Gasteiger partial charge < -0.3 is 5.32 Å². The van der Waals surface area contributed by atoms with Gasteiger partial charge in [-0.25, -0.2) is 0 Å². The number of thiophene rings is 1. The molecule has 1 unspecified atom stereocenters. The molecule has 0 bridgehead atoms. The van der Waals surface area contributed by atoms with Crippen molar-refractivity contribution in [2.75, 3.05) is 5.32 Å². The van der Waals surface area contributed by atoms with Crippen LogP contribution in [-0.4, -0.2) is 0 Å². The second-order valence-electron chi connectivity index (χ2n) is 4.48. The molecule has 1 heterocycles. The van der Waals surface area contributed by atoms with E-state index in [-0.39, 0.29) is 0 Å². The summed E-state index contributed by atoms with van der Waals surface area (Å²) in [5, 5.41) is 6.56. The molecule has 2 aromatic rings. The standard InChI is InChI=1S/C14H14ClNS/c15-11-5-7-12(8-6-11)16-14(10-3-4-10)13-2-1-9-17-13/h1-2,5-10,14,16H,3-4H2. The summed E-state index contributed by atoms with van der Waals surface area (Å²) in [6.07, 6.45) is 2.67. The van der Waals surface area contributed by atoms with Crippen molar-refractivity contribution < 1.29 is 0 Å². The number of hydrogen-bond donors (Lipinski definition) is 1. The first-order chi connectivity index (χ1) is 8.33. The van der Waals surface area contributed by atoms with Gasteiger partial charge in [0.25, 0.3) is 0 Å². The highest BCUT2D eigenvalue weighted by molar-refractivity contribution is 7.10. The Balaban J connectivity index is 1.79. The van der Waals surface area contributed by atoms with E-state index in [9.17, 15) is 0 Å². The van der Waals surface area contributed by atoms with E-state index >= 15 is 0 Å². The van der Waals surface area contributed by atoms with Gasteiger partial charge in [-0.05, 0) is 54.5 Å². The second-order valence-corrected chi connectivity index (χ2v) is 5.90. The van der Waals surface area contributed by atoms with Crippen LogP contribution in [0.4, 0.5) is 5.69 Å². The Morgan fingerprint density at radius 3 is 2.53 bits per heavy atom. The summed E-state index contributed by atoms with van der Waals surface area (Å²) >= 11 is 7.73. The fourth-order valence-corrected chi connectivity index (χ4v) is 3.04. The predicted octanol–water partition coefficient (Wildman–Crippen LogP) is 4.96. The highest BCUT2D eigenvalue weighted by Gasteiger charge is 2.32. The molecule has 3 heteroatoms. The van der Waals surface area contributed by atoms with Crippen molar-refractivity contribution in [1.29, 1.82) is 0 Å². The molecule has 0 radical (unpaired) electrons. The summed E-state index contributed by atoms with van der Waals surface area (Å²) in [5.41, 5.74) is 1.15. The third-order valence-electron chi connectivity index (χ3n) is 3.11. The molecule has 1 fully saturated rings. The van der Waals surface area contributed by atoms with Gasteiger partial charge in [-0.3, -0.25) is 0 Å². The van der Waals surface area contributed by atoms with Crippen LogP contribution in [0.2, 0.25) is 5.02 Å². The van der Waals surface area contributed by atoms with Crippen molar-refractivity contribution in [1.82, 2.24) is 0 Å². The Morgan fingerprint density at radius 1 is 1.18 bits per heavy atom. The molecule has 3 rings (SSSR count). The van der Waals surface area contributed by atoms with E-state index in [2.05, 4.69) is 22.8 Å². The molecule has 17 heavy (non-hydrogen) atoms. The topological polar surface area (TPSA) is 12.0 Å². The minimum Gasteiger partial charge on any atom is -0.377 e. The van der Waals surface area contributed by atoms with E-state index in [1.165, 1.54) is 17.7 Å². The zero-order valence-corrected chi connectivity index (χ0v) is 11.0. The first-order valence-electron chi connectivity index (χ1n) is 5.88. The summed E-state index contributed by atoms with van der Waals surface area (Å²) in [6, 6.07) is 12.8. The quantitative estimate of drug-likeness (QED) is 0.822. The van der Waals surface area contributed by atoms with Crippen LogP contribution in [0.3, 0.4) is 0 Å². The minimum atomic E-state index is 0.469. The van der Waals surface area contributed by atoms with Crippen molar-refractivity contribution in [2.24, 2.45) is 5.92 Å². The molecule has 88 valence electrons. The zero-order chi connectivity index (χ0) is 11.7. The summed E-state index contributed by atoms with van der Waals surface area (Å²) in [5.74, 6) is 0.796. The molecule has 0 amide bonds. The van der Waals surface area contributed by atoms with Crippen molar-refractivity contribution in [2.45, 2.75) is 18.9 Å². The van der Waals surface area contributed by atoms with Gasteiger partial charge in [0, 0.05) is 15.6 Å². The maximum atomic E-state index is 5.90. The van der Waals surface area contributed by atoms with Crippen molar-refractivity contribution in [3.05, 3.63) is 51.7 Å². The Hall–Kier alpha value is -0.990. The van der Waals surface area contributed by atoms with E-state index in [1.807, 2.05) is 35.6 Å². The first kappa shape index (κ1) is 11.1. The second kappa shape index (κ2) is 4.71. The minimum absolute atomic E-state index is 0.469. The highest BCUT2D eigenvalue weighted by atomic mass is 35.5. The number of halogens is 1. The third kappa shape index (κ3) is 2.64. The number of hydrogen-bond acceptors (Lipinski definition) is 2. The summed E-state index contributed by atoms with van der Waals surface area (Å²) in [4.78, 5) is 1.43. The van der Waals surface area contributed by atoms with E-state index in [0.717, 1.165) is 16.6 Å². The summed E-state index contributed by atoms with van der Waals surface area (Å²) in [6.45, 7) is 0. The van der Waals surface area contributed by atoms with Crippen LogP contribution < -0.4 is 5.32 Å². The van der Waals surface area contributed by atoms with E-state index in [0.29, 0.717) is 6.04 Å². The van der Waals surface area contributed by atoms with Crippen molar-refractivity contribution >= 4 is 28.6 Å². The molecule has 1 nitrogen and oxygen atoms in total.